The number of hydrogen-bond acceptors (Lipinski definition) is 11. The van der Waals surface area contributed by atoms with Gasteiger partial charge in [0.2, 0.25) is 17.2 Å². The number of para-hydroxylation sites is 1. The van der Waals surface area contributed by atoms with Gasteiger partial charge in [-0.2, -0.15) is 23.4 Å². The summed E-state index contributed by atoms with van der Waals surface area (Å²) in [5.74, 6) is -0.738. The number of nitrogens with zero attached hydrogens (tertiary/aromatic N) is 3. The fourth-order valence-corrected chi connectivity index (χ4v) is 5.63. The largest absolute Gasteiger partial charge is 0.397 e. The summed E-state index contributed by atoms with van der Waals surface area (Å²) in [6, 6.07) is 21.4. The molecule has 1 heterocycles. The van der Waals surface area contributed by atoms with Crippen LogP contribution in [0.4, 0.5) is 40.3 Å². The number of aryl methyl sites for hydroxylation is 1. The summed E-state index contributed by atoms with van der Waals surface area (Å²) >= 11 is 6.13. The number of nitrogens with one attached hydrogen (secondary N) is 3. The lowest BCUT2D eigenvalue weighted by molar-refractivity contribution is 0.0980. The zero-order chi connectivity index (χ0) is 31.2. The molecule has 14 heteroatoms. The van der Waals surface area contributed by atoms with Crippen LogP contribution >= 0.6 is 11.6 Å². The highest BCUT2D eigenvalue weighted by atomic mass is 35.5. The maximum absolute atomic E-state index is 13.5. The van der Waals surface area contributed by atoms with Crippen molar-refractivity contribution < 1.29 is 22.6 Å². The maximum atomic E-state index is 13.5. The van der Waals surface area contributed by atoms with E-state index in [1.807, 2.05) is 31.2 Å². The Balaban J connectivity index is 1.30. The molecule has 6 N–H and O–H groups in total. The minimum absolute atomic E-state index is 0.0217. The lowest BCUT2D eigenvalue weighted by Crippen LogP contribution is -2.25. The summed E-state index contributed by atoms with van der Waals surface area (Å²) < 4.78 is 34.2. The van der Waals surface area contributed by atoms with Crippen LogP contribution in [-0.4, -0.2) is 39.5 Å². The molecule has 0 atom stereocenters. The highest BCUT2D eigenvalue weighted by Crippen LogP contribution is 2.40. The van der Waals surface area contributed by atoms with Gasteiger partial charge in [-0.05, 0) is 60.5 Å². The molecular formula is C30H22ClN7O5S. The maximum Gasteiger partial charge on any atom is 0.296 e. The monoisotopic (exact) mass is 627 g/mol. The number of nitrogens with two attached hydrogens (primary N) is 1. The van der Waals surface area contributed by atoms with E-state index in [0.29, 0.717) is 11.4 Å². The Morgan fingerprint density at radius 3 is 1.89 bits per heavy atom. The van der Waals surface area contributed by atoms with Gasteiger partial charge in [0.1, 0.15) is 4.90 Å². The highest BCUT2D eigenvalue weighted by molar-refractivity contribution is 7.86. The number of ketones is 2. The molecule has 0 spiro atoms. The fraction of sp³-hybridized carbons (Fsp3) is 0.0333. The number of anilines is 7. The van der Waals surface area contributed by atoms with Crippen LogP contribution in [0.1, 0.15) is 37.4 Å². The molecular weight excluding hydrogens is 606 g/mol. The van der Waals surface area contributed by atoms with E-state index < -0.39 is 32.3 Å². The van der Waals surface area contributed by atoms with Crippen LogP contribution < -0.4 is 21.7 Å². The van der Waals surface area contributed by atoms with Crippen LogP contribution in [0.2, 0.25) is 5.28 Å². The summed E-state index contributed by atoms with van der Waals surface area (Å²) in [5, 5.41) is 9.12. The number of benzene rings is 4. The smallest absolute Gasteiger partial charge is 0.296 e. The summed E-state index contributed by atoms with van der Waals surface area (Å²) in [4.78, 5) is 38.8. The number of rotatable bonds is 7. The van der Waals surface area contributed by atoms with Gasteiger partial charge in [0.15, 0.2) is 11.6 Å². The van der Waals surface area contributed by atoms with E-state index in [1.54, 1.807) is 36.4 Å². The molecule has 0 unspecified atom stereocenters. The minimum Gasteiger partial charge on any atom is -0.397 e. The summed E-state index contributed by atoms with van der Waals surface area (Å²) in [7, 11) is -4.84. The number of carbonyl (C=O) groups is 2. The average molecular weight is 628 g/mol. The first kappa shape index (κ1) is 28.7. The van der Waals surface area contributed by atoms with Crippen LogP contribution in [0.5, 0.6) is 0 Å². The number of hydrogen-bond donors (Lipinski definition) is 5. The molecule has 4 aromatic carbocycles. The number of halogens is 1. The molecule has 1 aliphatic rings. The normalized spacial score (nSPS) is 12.3. The van der Waals surface area contributed by atoms with Crippen molar-refractivity contribution in [2.24, 2.45) is 0 Å². The number of aromatic nitrogens is 3. The Labute approximate surface area is 256 Å². The van der Waals surface area contributed by atoms with E-state index in [1.165, 1.54) is 12.1 Å². The molecule has 44 heavy (non-hydrogen) atoms. The third kappa shape index (κ3) is 5.42. The van der Waals surface area contributed by atoms with Crippen molar-refractivity contribution in [1.29, 1.82) is 0 Å². The molecule has 5 aromatic rings. The van der Waals surface area contributed by atoms with E-state index in [-0.39, 0.29) is 45.1 Å². The zero-order valence-corrected chi connectivity index (χ0v) is 24.4. The predicted octanol–water partition coefficient (Wildman–Crippen LogP) is 5.67. The lowest BCUT2D eigenvalue weighted by atomic mass is 9.82. The van der Waals surface area contributed by atoms with Crippen LogP contribution in [0.15, 0.2) is 83.8 Å². The minimum atomic E-state index is -4.84. The molecule has 6 rings (SSSR count). The number of carbonyl (C=O) groups excluding carboxylic acids is 2. The molecule has 12 nitrogen and oxygen atoms in total. The average Bonchev–Trinajstić information content (AvgIpc) is 2.98. The van der Waals surface area contributed by atoms with Gasteiger partial charge in [0.25, 0.3) is 10.1 Å². The Morgan fingerprint density at radius 1 is 0.727 bits per heavy atom. The molecule has 0 bridgehead atoms. The molecule has 1 aromatic heterocycles. The number of fused-ring (bicyclic) bond motifs is 2. The molecule has 0 radical (unpaired) electrons. The molecule has 0 amide bonds. The summed E-state index contributed by atoms with van der Waals surface area (Å²) in [6.45, 7) is 1.94. The van der Waals surface area contributed by atoms with Gasteiger partial charge in [-0.1, -0.05) is 42.5 Å². The van der Waals surface area contributed by atoms with Crippen LogP contribution in [-0.2, 0) is 10.1 Å². The van der Waals surface area contributed by atoms with Crippen molar-refractivity contribution in [3.63, 3.8) is 0 Å². The topological polar surface area (TPSA) is 189 Å². The van der Waals surface area contributed by atoms with E-state index in [2.05, 4.69) is 30.9 Å². The molecule has 1 aliphatic carbocycles. The van der Waals surface area contributed by atoms with Gasteiger partial charge in [-0.3, -0.25) is 14.1 Å². The second-order valence-electron chi connectivity index (χ2n) is 9.78. The van der Waals surface area contributed by atoms with E-state index in [0.717, 1.165) is 17.3 Å². The fourth-order valence-electron chi connectivity index (χ4n) is 4.82. The number of nitrogen functional groups attached to an aromatic ring is 1. The van der Waals surface area contributed by atoms with Crippen molar-refractivity contribution in [1.82, 2.24) is 15.0 Å². The Morgan fingerprint density at radius 2 is 1.27 bits per heavy atom. The van der Waals surface area contributed by atoms with Gasteiger partial charge < -0.3 is 21.7 Å². The van der Waals surface area contributed by atoms with E-state index in [4.69, 9.17) is 17.3 Å². The van der Waals surface area contributed by atoms with Crippen LogP contribution in [0, 0.1) is 6.92 Å². The SMILES string of the molecule is Cc1ccccc1Nc1nc(Cl)nc(Nc2ccc(Nc3cc(S(=O)(=O)O)c(N)c4c3C(=O)c3ccccc3C4=O)cc2)n1. The molecule has 220 valence electrons. The summed E-state index contributed by atoms with van der Waals surface area (Å²) in [5.41, 5.74) is 8.15. The third-order valence-electron chi connectivity index (χ3n) is 6.90. The van der Waals surface area contributed by atoms with Crippen molar-refractivity contribution in [3.05, 3.63) is 112 Å². The second-order valence-corrected chi connectivity index (χ2v) is 11.5. The zero-order valence-electron chi connectivity index (χ0n) is 22.8. The van der Waals surface area contributed by atoms with Crippen LogP contribution in [0.25, 0.3) is 0 Å². The van der Waals surface area contributed by atoms with Crippen LogP contribution in [0.3, 0.4) is 0 Å². The summed E-state index contributed by atoms with van der Waals surface area (Å²) in [6.07, 6.45) is 0. The Hall–Kier alpha value is -5.37. The second kappa shape index (κ2) is 11.0. The van der Waals surface area contributed by atoms with Crippen molar-refractivity contribution in [3.8, 4) is 0 Å². The molecule has 0 aliphatic heterocycles. The third-order valence-corrected chi connectivity index (χ3v) is 7.96. The highest BCUT2D eigenvalue weighted by Gasteiger charge is 2.36. The first-order valence-corrected chi connectivity index (χ1v) is 14.8. The standard InChI is InChI=1S/C30H22ClN7O5S/c1-15-6-2-5-9-20(15)35-30-37-28(31)36-29(38-30)34-17-12-10-16(11-13-17)33-21-14-22(44(41,42)43)25(32)24-23(21)26(39)18-7-3-4-8-19(18)27(24)40/h2-14,33H,32H2,1H3,(H,41,42,43)(H2,34,35,36,37,38). The van der Waals surface area contributed by atoms with Gasteiger partial charge in [-0.15, -0.1) is 0 Å². The van der Waals surface area contributed by atoms with Crippen molar-refractivity contribution in [2.45, 2.75) is 11.8 Å². The quantitative estimate of drug-likeness (QED) is 0.108. The van der Waals surface area contributed by atoms with Crippen molar-refractivity contribution >= 4 is 73.6 Å². The Bertz CT molecular complexity index is 2100. The first-order valence-electron chi connectivity index (χ1n) is 13.0. The van der Waals surface area contributed by atoms with Gasteiger partial charge >= 0.3 is 0 Å². The van der Waals surface area contributed by atoms with E-state index in [9.17, 15) is 22.6 Å². The lowest BCUT2D eigenvalue weighted by Gasteiger charge is -2.23. The van der Waals surface area contributed by atoms with Crippen molar-refractivity contribution in [2.75, 3.05) is 21.7 Å². The first-order chi connectivity index (χ1) is 21.0. The van der Waals surface area contributed by atoms with Gasteiger partial charge in [0.05, 0.1) is 22.5 Å². The predicted molar refractivity (Wildman–Crippen MR) is 166 cm³/mol. The molecule has 0 saturated carbocycles. The molecule has 0 saturated heterocycles. The Kier molecular flexibility index (Phi) is 7.21. The van der Waals surface area contributed by atoms with Gasteiger partial charge in [0, 0.05) is 28.2 Å². The van der Waals surface area contributed by atoms with Gasteiger partial charge in [-0.25, -0.2) is 0 Å². The van der Waals surface area contributed by atoms with E-state index >= 15 is 0 Å². The molecule has 0 fully saturated rings.